The largest absolute Gasteiger partial charge is 0.299 e. The van der Waals surface area contributed by atoms with E-state index >= 15 is 0 Å². The standard InChI is InChI=1S/C12H18N4S2/c1-4-5-6-16-10(14-15-12(16)17)9-7-13-11(18-9)8(2)3/h7-8H,4-6H2,1-3H3,(H,15,17). The van der Waals surface area contributed by atoms with Crippen LogP contribution >= 0.6 is 23.6 Å². The van der Waals surface area contributed by atoms with E-state index in [9.17, 15) is 0 Å². The van der Waals surface area contributed by atoms with Crippen molar-refractivity contribution in [1.29, 1.82) is 0 Å². The van der Waals surface area contributed by atoms with Crippen molar-refractivity contribution in [3.8, 4) is 10.7 Å². The van der Waals surface area contributed by atoms with Gasteiger partial charge in [-0.3, -0.25) is 9.67 Å². The van der Waals surface area contributed by atoms with Gasteiger partial charge in [0.25, 0.3) is 0 Å². The maximum atomic E-state index is 5.27. The maximum Gasteiger partial charge on any atom is 0.195 e. The summed E-state index contributed by atoms with van der Waals surface area (Å²) < 4.78 is 2.76. The van der Waals surface area contributed by atoms with Gasteiger partial charge in [0, 0.05) is 18.7 Å². The molecule has 0 radical (unpaired) electrons. The molecule has 0 aromatic carbocycles. The molecule has 0 saturated heterocycles. The van der Waals surface area contributed by atoms with Gasteiger partial charge in [-0.15, -0.1) is 11.3 Å². The van der Waals surface area contributed by atoms with E-state index in [-0.39, 0.29) is 0 Å². The number of rotatable bonds is 5. The lowest BCUT2D eigenvalue weighted by Gasteiger charge is -2.03. The summed E-state index contributed by atoms with van der Waals surface area (Å²) in [5.41, 5.74) is 0. The van der Waals surface area contributed by atoms with E-state index in [1.165, 1.54) is 0 Å². The molecule has 0 aliphatic carbocycles. The predicted octanol–water partition coefficient (Wildman–Crippen LogP) is 3.99. The van der Waals surface area contributed by atoms with Gasteiger partial charge in [-0.25, -0.2) is 4.98 Å². The Morgan fingerprint density at radius 1 is 1.50 bits per heavy atom. The van der Waals surface area contributed by atoms with Gasteiger partial charge < -0.3 is 0 Å². The molecule has 0 unspecified atom stereocenters. The molecular weight excluding hydrogens is 264 g/mol. The van der Waals surface area contributed by atoms with E-state index in [4.69, 9.17) is 12.2 Å². The number of unbranched alkanes of at least 4 members (excludes halogenated alkanes) is 1. The van der Waals surface area contributed by atoms with Crippen molar-refractivity contribution in [2.45, 2.75) is 46.1 Å². The minimum atomic E-state index is 0.453. The van der Waals surface area contributed by atoms with Crippen LogP contribution in [0.1, 0.15) is 44.5 Å². The van der Waals surface area contributed by atoms with Crippen LogP contribution < -0.4 is 0 Å². The average molecular weight is 282 g/mol. The van der Waals surface area contributed by atoms with Crippen molar-refractivity contribution in [3.05, 3.63) is 16.0 Å². The molecule has 0 amide bonds. The van der Waals surface area contributed by atoms with Crippen LogP contribution in [0.15, 0.2) is 6.20 Å². The monoisotopic (exact) mass is 282 g/mol. The number of aromatic nitrogens is 4. The highest BCUT2D eigenvalue weighted by Crippen LogP contribution is 2.28. The third-order valence-electron chi connectivity index (χ3n) is 2.73. The first kappa shape index (κ1) is 13.4. The van der Waals surface area contributed by atoms with Crippen LogP contribution in [0, 0.1) is 4.77 Å². The summed E-state index contributed by atoms with van der Waals surface area (Å²) in [4.78, 5) is 5.53. The highest BCUT2D eigenvalue weighted by Gasteiger charge is 2.13. The number of nitrogens with one attached hydrogen (secondary N) is 1. The van der Waals surface area contributed by atoms with Crippen molar-refractivity contribution in [1.82, 2.24) is 19.7 Å². The van der Waals surface area contributed by atoms with Crippen molar-refractivity contribution < 1.29 is 0 Å². The van der Waals surface area contributed by atoms with E-state index in [1.807, 2.05) is 6.20 Å². The van der Waals surface area contributed by atoms with Gasteiger partial charge in [-0.1, -0.05) is 27.2 Å². The first-order valence-corrected chi connectivity index (χ1v) is 7.47. The third kappa shape index (κ3) is 2.70. The lowest BCUT2D eigenvalue weighted by atomic mass is 10.2. The minimum Gasteiger partial charge on any atom is -0.299 e. The molecule has 2 heterocycles. The Morgan fingerprint density at radius 2 is 2.28 bits per heavy atom. The molecule has 98 valence electrons. The van der Waals surface area contributed by atoms with Crippen LogP contribution in [-0.4, -0.2) is 19.7 Å². The predicted molar refractivity (Wildman–Crippen MR) is 77.5 cm³/mol. The first-order chi connectivity index (χ1) is 8.63. The maximum absolute atomic E-state index is 5.27. The molecule has 0 fully saturated rings. The topological polar surface area (TPSA) is 46.5 Å². The number of nitrogens with zero attached hydrogens (tertiary/aromatic N) is 3. The van der Waals surface area contributed by atoms with Gasteiger partial charge in [0.2, 0.25) is 0 Å². The fraction of sp³-hybridized carbons (Fsp3) is 0.583. The number of thiazole rings is 1. The zero-order valence-corrected chi connectivity index (χ0v) is 12.6. The Morgan fingerprint density at radius 3 is 2.89 bits per heavy atom. The Hall–Kier alpha value is -1.01. The number of aromatic amines is 1. The number of H-pyrrole nitrogens is 1. The van der Waals surface area contributed by atoms with E-state index in [0.29, 0.717) is 10.7 Å². The van der Waals surface area contributed by atoms with E-state index < -0.39 is 0 Å². The molecule has 0 atom stereocenters. The van der Waals surface area contributed by atoms with Gasteiger partial charge in [0.15, 0.2) is 10.6 Å². The Labute approximate surface area is 116 Å². The Kier molecular flexibility index (Phi) is 4.29. The number of hydrogen-bond donors (Lipinski definition) is 1. The molecule has 2 aromatic rings. The van der Waals surface area contributed by atoms with Gasteiger partial charge in [-0.2, -0.15) is 5.10 Å². The molecule has 0 aliphatic heterocycles. The van der Waals surface area contributed by atoms with Crippen molar-refractivity contribution in [3.63, 3.8) is 0 Å². The first-order valence-electron chi connectivity index (χ1n) is 6.24. The molecule has 2 rings (SSSR count). The summed E-state index contributed by atoms with van der Waals surface area (Å²) in [5.74, 6) is 1.37. The Bertz CT molecular complexity index is 565. The molecule has 18 heavy (non-hydrogen) atoms. The summed E-state index contributed by atoms with van der Waals surface area (Å²) >= 11 is 6.97. The highest BCUT2D eigenvalue weighted by molar-refractivity contribution is 7.71. The van der Waals surface area contributed by atoms with Gasteiger partial charge in [0.05, 0.1) is 9.88 Å². The van der Waals surface area contributed by atoms with Gasteiger partial charge in [-0.05, 0) is 18.6 Å². The van der Waals surface area contributed by atoms with E-state index in [1.54, 1.807) is 11.3 Å². The second-order valence-corrected chi connectivity index (χ2v) is 6.02. The summed E-state index contributed by atoms with van der Waals surface area (Å²) in [7, 11) is 0. The SMILES string of the molecule is CCCCn1c(-c2cnc(C(C)C)s2)n[nH]c1=S. The fourth-order valence-electron chi connectivity index (χ4n) is 1.69. The van der Waals surface area contributed by atoms with E-state index in [0.717, 1.165) is 35.1 Å². The normalized spacial score (nSPS) is 11.3. The number of hydrogen-bond acceptors (Lipinski definition) is 4. The lowest BCUT2D eigenvalue weighted by Crippen LogP contribution is -1.99. The zero-order valence-electron chi connectivity index (χ0n) is 10.9. The average Bonchev–Trinajstić information content (AvgIpc) is 2.93. The molecule has 2 aromatic heterocycles. The zero-order chi connectivity index (χ0) is 13.1. The highest BCUT2D eigenvalue weighted by atomic mass is 32.1. The summed E-state index contributed by atoms with van der Waals surface area (Å²) in [6, 6.07) is 0. The van der Waals surface area contributed by atoms with Crippen molar-refractivity contribution in [2.75, 3.05) is 0 Å². The second-order valence-electron chi connectivity index (χ2n) is 4.58. The van der Waals surface area contributed by atoms with Crippen LogP contribution in [-0.2, 0) is 6.54 Å². The molecule has 4 nitrogen and oxygen atoms in total. The molecule has 1 N–H and O–H groups in total. The van der Waals surface area contributed by atoms with Crippen molar-refractivity contribution >= 4 is 23.6 Å². The molecule has 6 heteroatoms. The summed E-state index contributed by atoms with van der Waals surface area (Å²) in [6.07, 6.45) is 4.15. The lowest BCUT2D eigenvalue weighted by molar-refractivity contribution is 0.629. The quantitative estimate of drug-likeness (QED) is 0.844. The molecule has 0 spiro atoms. The van der Waals surface area contributed by atoms with Crippen LogP contribution in [0.5, 0.6) is 0 Å². The van der Waals surface area contributed by atoms with Crippen LogP contribution in [0.4, 0.5) is 0 Å². The molecule has 0 aliphatic rings. The smallest absolute Gasteiger partial charge is 0.195 e. The third-order valence-corrected chi connectivity index (χ3v) is 4.34. The van der Waals surface area contributed by atoms with E-state index in [2.05, 4.69) is 40.5 Å². The molecule has 0 saturated carbocycles. The van der Waals surface area contributed by atoms with Gasteiger partial charge >= 0.3 is 0 Å². The minimum absolute atomic E-state index is 0.453. The van der Waals surface area contributed by atoms with Crippen LogP contribution in [0.25, 0.3) is 10.7 Å². The van der Waals surface area contributed by atoms with Gasteiger partial charge in [0.1, 0.15) is 0 Å². The Balaban J connectivity index is 2.34. The second kappa shape index (κ2) is 5.75. The van der Waals surface area contributed by atoms with Crippen molar-refractivity contribution in [2.24, 2.45) is 0 Å². The molecular formula is C12H18N4S2. The molecule has 0 bridgehead atoms. The van der Waals surface area contributed by atoms with Crippen LogP contribution in [0.3, 0.4) is 0 Å². The fourth-order valence-corrected chi connectivity index (χ4v) is 2.83. The summed E-state index contributed by atoms with van der Waals surface area (Å²) in [5, 5.41) is 8.35. The summed E-state index contributed by atoms with van der Waals surface area (Å²) in [6.45, 7) is 7.39. The van der Waals surface area contributed by atoms with Crippen LogP contribution in [0.2, 0.25) is 0 Å².